The van der Waals surface area contributed by atoms with E-state index >= 15 is 0 Å². The molecule has 0 amide bonds. The van der Waals surface area contributed by atoms with E-state index in [1.54, 1.807) is 17.5 Å². The summed E-state index contributed by atoms with van der Waals surface area (Å²) < 4.78 is 55.9. The van der Waals surface area contributed by atoms with Crippen molar-refractivity contribution in [1.29, 1.82) is 0 Å². The van der Waals surface area contributed by atoms with Gasteiger partial charge in [-0.25, -0.2) is 21.6 Å². The topological polar surface area (TPSA) is 83.6 Å². The average Bonchev–Trinajstić information content (AvgIpc) is 3.16. The molecule has 1 aromatic heterocycles. The van der Waals surface area contributed by atoms with E-state index < -0.39 is 20.0 Å². The second kappa shape index (κ2) is 7.87. The van der Waals surface area contributed by atoms with E-state index in [-0.39, 0.29) is 10.3 Å². The molecule has 0 spiro atoms. The van der Waals surface area contributed by atoms with Crippen LogP contribution in [0.25, 0.3) is 0 Å². The Morgan fingerprint density at radius 2 is 1.57 bits per heavy atom. The number of hydrogen-bond donors (Lipinski definition) is 1. The van der Waals surface area contributed by atoms with Crippen molar-refractivity contribution in [3.05, 3.63) is 45.8 Å². The lowest BCUT2D eigenvalue weighted by atomic mass is 10.0. The summed E-state index contributed by atoms with van der Waals surface area (Å²) in [7, 11) is -7.17. The Bertz CT molecular complexity index is 1040. The van der Waals surface area contributed by atoms with Crippen LogP contribution in [0, 0.1) is 27.7 Å². The molecule has 154 valence electrons. The van der Waals surface area contributed by atoms with Crippen LogP contribution in [0.5, 0.6) is 0 Å². The maximum Gasteiger partial charge on any atom is 0.250 e. The zero-order valence-electron chi connectivity index (χ0n) is 16.5. The van der Waals surface area contributed by atoms with Gasteiger partial charge in [0.15, 0.2) is 0 Å². The van der Waals surface area contributed by atoms with Crippen LogP contribution < -0.4 is 4.72 Å². The number of nitrogens with one attached hydrogen (secondary N) is 1. The van der Waals surface area contributed by atoms with Crippen molar-refractivity contribution >= 4 is 31.4 Å². The maximum atomic E-state index is 13.3. The van der Waals surface area contributed by atoms with E-state index in [1.165, 1.54) is 15.6 Å². The summed E-state index contributed by atoms with van der Waals surface area (Å²) in [5.41, 5.74) is 3.48. The standard InChI is InChI=1S/C19H26N2O4S3/c1-13-12-14(2)16(4)19(15(13)3)28(24,25)21-9-7-17(8-10-21)20-27(22,23)18-6-5-11-26-18/h5-6,11-12,17,20H,7-10H2,1-4H3. The van der Waals surface area contributed by atoms with Crippen molar-refractivity contribution in [3.8, 4) is 0 Å². The van der Waals surface area contributed by atoms with E-state index in [4.69, 9.17) is 0 Å². The van der Waals surface area contributed by atoms with Gasteiger partial charge in [0.1, 0.15) is 4.21 Å². The predicted octanol–water partition coefficient (Wildman–Crippen LogP) is 3.11. The maximum absolute atomic E-state index is 13.3. The van der Waals surface area contributed by atoms with Gasteiger partial charge in [0.25, 0.3) is 0 Å². The molecule has 1 aromatic carbocycles. The SMILES string of the molecule is Cc1cc(C)c(C)c(S(=O)(=O)N2CCC(NS(=O)(=O)c3cccs3)CC2)c1C. The predicted molar refractivity (Wildman–Crippen MR) is 112 cm³/mol. The number of rotatable bonds is 5. The Morgan fingerprint density at radius 1 is 1.00 bits per heavy atom. The number of sulfonamides is 2. The van der Waals surface area contributed by atoms with E-state index in [0.29, 0.717) is 30.8 Å². The first-order chi connectivity index (χ1) is 13.0. The van der Waals surface area contributed by atoms with Crippen molar-refractivity contribution in [1.82, 2.24) is 9.03 Å². The highest BCUT2D eigenvalue weighted by molar-refractivity contribution is 7.91. The zero-order valence-corrected chi connectivity index (χ0v) is 19.0. The lowest BCUT2D eigenvalue weighted by Gasteiger charge is -2.32. The number of nitrogens with zero attached hydrogens (tertiary/aromatic N) is 1. The second-order valence-corrected chi connectivity index (χ2v) is 12.1. The first-order valence-electron chi connectivity index (χ1n) is 9.17. The fourth-order valence-corrected chi connectivity index (χ4v) is 7.96. The minimum absolute atomic E-state index is 0.264. The van der Waals surface area contributed by atoms with Gasteiger partial charge in [0, 0.05) is 19.1 Å². The highest BCUT2D eigenvalue weighted by atomic mass is 32.2. The monoisotopic (exact) mass is 442 g/mol. The first kappa shape index (κ1) is 21.4. The molecule has 0 aliphatic carbocycles. The van der Waals surface area contributed by atoms with Crippen LogP contribution in [0.1, 0.15) is 35.1 Å². The number of benzene rings is 1. The van der Waals surface area contributed by atoms with E-state index in [9.17, 15) is 16.8 Å². The third-order valence-corrected chi connectivity index (χ3v) is 10.5. The molecule has 0 unspecified atom stereocenters. The van der Waals surface area contributed by atoms with Crippen LogP contribution in [-0.2, 0) is 20.0 Å². The van der Waals surface area contributed by atoms with Crippen LogP contribution in [0.15, 0.2) is 32.7 Å². The van der Waals surface area contributed by atoms with Crippen LogP contribution in [-0.4, -0.2) is 40.3 Å². The molecular weight excluding hydrogens is 416 g/mol. The Kier molecular flexibility index (Phi) is 6.03. The summed E-state index contributed by atoms with van der Waals surface area (Å²) in [6.07, 6.45) is 0.902. The molecule has 1 fully saturated rings. The molecule has 3 rings (SSSR count). The van der Waals surface area contributed by atoms with Crippen molar-refractivity contribution < 1.29 is 16.8 Å². The fourth-order valence-electron chi connectivity index (χ4n) is 3.60. The van der Waals surface area contributed by atoms with Gasteiger partial charge in [0.05, 0.1) is 4.90 Å². The molecule has 1 N–H and O–H groups in total. The molecular formula is C19H26N2O4S3. The summed E-state index contributed by atoms with van der Waals surface area (Å²) >= 11 is 1.17. The Morgan fingerprint density at radius 3 is 2.07 bits per heavy atom. The average molecular weight is 443 g/mol. The molecule has 0 atom stereocenters. The molecule has 2 aromatic rings. The molecule has 0 radical (unpaired) electrons. The van der Waals surface area contributed by atoms with Crippen LogP contribution >= 0.6 is 11.3 Å². The van der Waals surface area contributed by atoms with E-state index in [0.717, 1.165) is 22.3 Å². The lowest BCUT2D eigenvalue weighted by Crippen LogP contribution is -2.46. The largest absolute Gasteiger partial charge is 0.250 e. The summed E-state index contributed by atoms with van der Waals surface area (Å²) in [4.78, 5) is 0.391. The van der Waals surface area contributed by atoms with Crippen LogP contribution in [0.3, 0.4) is 0 Å². The van der Waals surface area contributed by atoms with Crippen LogP contribution in [0.4, 0.5) is 0 Å². The highest BCUT2D eigenvalue weighted by Crippen LogP contribution is 2.30. The van der Waals surface area contributed by atoms with Gasteiger partial charge in [-0.2, -0.15) is 4.31 Å². The van der Waals surface area contributed by atoms with Gasteiger partial charge in [-0.3, -0.25) is 0 Å². The Labute approximate surface area is 171 Å². The number of piperidine rings is 1. The molecule has 9 heteroatoms. The van der Waals surface area contributed by atoms with Crippen molar-refractivity contribution in [2.24, 2.45) is 0 Å². The van der Waals surface area contributed by atoms with Crippen molar-refractivity contribution in [2.45, 2.75) is 55.7 Å². The molecule has 0 bridgehead atoms. The minimum Gasteiger partial charge on any atom is -0.207 e. The molecule has 0 saturated carbocycles. The van der Waals surface area contributed by atoms with Gasteiger partial charge in [-0.1, -0.05) is 12.1 Å². The molecule has 2 heterocycles. The summed E-state index contributed by atoms with van der Waals surface area (Å²) in [6.45, 7) is 8.13. The third-order valence-electron chi connectivity index (χ3n) is 5.43. The summed E-state index contributed by atoms with van der Waals surface area (Å²) in [5.74, 6) is 0. The van der Waals surface area contributed by atoms with Gasteiger partial charge >= 0.3 is 0 Å². The summed E-state index contributed by atoms with van der Waals surface area (Å²) in [5, 5.41) is 1.72. The molecule has 1 aliphatic rings. The third kappa shape index (κ3) is 4.04. The van der Waals surface area contributed by atoms with Crippen molar-refractivity contribution in [2.75, 3.05) is 13.1 Å². The Hall–Kier alpha value is -1.26. The highest BCUT2D eigenvalue weighted by Gasteiger charge is 2.33. The summed E-state index contributed by atoms with van der Waals surface area (Å²) in [6, 6.07) is 5.01. The van der Waals surface area contributed by atoms with Gasteiger partial charge in [0.2, 0.25) is 20.0 Å². The molecule has 1 aliphatic heterocycles. The second-order valence-electron chi connectivity index (χ2n) is 7.32. The van der Waals surface area contributed by atoms with Crippen LogP contribution in [0.2, 0.25) is 0 Å². The fraction of sp³-hybridized carbons (Fsp3) is 0.474. The quantitative estimate of drug-likeness (QED) is 0.771. The number of hydrogen-bond acceptors (Lipinski definition) is 5. The van der Waals surface area contributed by atoms with Crippen molar-refractivity contribution in [3.63, 3.8) is 0 Å². The van der Waals surface area contributed by atoms with Gasteiger partial charge < -0.3 is 0 Å². The van der Waals surface area contributed by atoms with E-state index in [2.05, 4.69) is 4.72 Å². The molecule has 28 heavy (non-hydrogen) atoms. The van der Waals surface area contributed by atoms with Gasteiger partial charge in [-0.15, -0.1) is 11.3 Å². The molecule has 6 nitrogen and oxygen atoms in total. The Balaban J connectivity index is 1.77. The first-order valence-corrected chi connectivity index (χ1v) is 13.0. The zero-order chi connectivity index (χ0) is 20.7. The minimum atomic E-state index is -3.62. The number of thiophene rings is 1. The number of aryl methyl sites for hydroxylation is 2. The lowest BCUT2D eigenvalue weighted by molar-refractivity contribution is 0.308. The molecule has 1 saturated heterocycles. The van der Waals surface area contributed by atoms with Gasteiger partial charge in [-0.05, 0) is 74.2 Å². The smallest absolute Gasteiger partial charge is 0.207 e. The normalized spacial score (nSPS) is 17.1. The van der Waals surface area contributed by atoms with E-state index in [1.807, 2.05) is 33.8 Å².